The van der Waals surface area contributed by atoms with Crippen molar-refractivity contribution >= 4 is 11.9 Å². The van der Waals surface area contributed by atoms with Crippen molar-refractivity contribution in [2.24, 2.45) is 23.7 Å². The van der Waals surface area contributed by atoms with E-state index in [-0.39, 0.29) is 48.0 Å². The highest BCUT2D eigenvalue weighted by atomic mass is 16.5. The number of carbonyl (C=O) groups is 2. The number of rotatable bonds is 10. The minimum atomic E-state index is -1.10. The minimum Gasteiger partial charge on any atom is -0.481 e. The van der Waals surface area contributed by atoms with E-state index in [1.807, 2.05) is 26.0 Å². The molecule has 0 aliphatic heterocycles. The number of aliphatic hydroxyl groups excluding tert-OH is 3. The number of carboxylic acid groups (broad SMARTS) is 1. The summed E-state index contributed by atoms with van der Waals surface area (Å²) >= 11 is 0. The van der Waals surface area contributed by atoms with Gasteiger partial charge in [-0.3, -0.25) is 9.59 Å². The Morgan fingerprint density at radius 1 is 1.26 bits per heavy atom. The second-order valence-corrected chi connectivity index (χ2v) is 8.88. The highest BCUT2D eigenvalue weighted by Crippen LogP contribution is 2.44. The Morgan fingerprint density at radius 2 is 1.94 bits per heavy atom. The number of esters is 1. The second kappa shape index (κ2) is 12.3. The number of fused-ring (bicyclic) bond motifs is 1. The van der Waals surface area contributed by atoms with Gasteiger partial charge in [0.2, 0.25) is 0 Å². The van der Waals surface area contributed by atoms with Crippen LogP contribution in [0.25, 0.3) is 0 Å². The Labute approximate surface area is 183 Å². The van der Waals surface area contributed by atoms with Crippen molar-refractivity contribution < 1.29 is 40.2 Å². The third kappa shape index (κ3) is 7.71. The summed E-state index contributed by atoms with van der Waals surface area (Å²) in [5, 5.41) is 39.1. The molecule has 0 heterocycles. The molecule has 2 rings (SSSR count). The average molecular weight is 443 g/mol. The van der Waals surface area contributed by atoms with Crippen LogP contribution in [-0.4, -0.2) is 62.3 Å². The summed E-state index contributed by atoms with van der Waals surface area (Å²) in [7, 11) is 0. The Morgan fingerprint density at radius 3 is 2.55 bits per heavy atom. The van der Waals surface area contributed by atoms with Gasteiger partial charge in [-0.15, -0.1) is 0 Å². The van der Waals surface area contributed by atoms with E-state index in [1.165, 1.54) is 0 Å². The van der Waals surface area contributed by atoms with Crippen molar-refractivity contribution in [3.63, 3.8) is 0 Å². The van der Waals surface area contributed by atoms with Crippen LogP contribution >= 0.6 is 0 Å². The maximum absolute atomic E-state index is 12.4. The van der Waals surface area contributed by atoms with Crippen LogP contribution in [0.1, 0.15) is 59.3 Å². The molecule has 2 aliphatic carbocycles. The molecule has 0 saturated carbocycles. The molecule has 31 heavy (non-hydrogen) atoms. The summed E-state index contributed by atoms with van der Waals surface area (Å²) in [6.45, 7) is 5.85. The number of carboxylic acids is 1. The zero-order valence-corrected chi connectivity index (χ0v) is 18.6. The number of aliphatic hydroxyl groups is 3. The monoisotopic (exact) mass is 442 g/mol. The van der Waals surface area contributed by atoms with Crippen LogP contribution in [0, 0.1) is 23.7 Å². The molecule has 3 unspecified atom stereocenters. The van der Waals surface area contributed by atoms with Crippen molar-refractivity contribution in [2.45, 2.75) is 83.7 Å². The lowest BCUT2D eigenvalue weighted by atomic mass is 9.66. The first kappa shape index (κ1) is 27.3. The van der Waals surface area contributed by atoms with Gasteiger partial charge in [-0.1, -0.05) is 39.0 Å². The van der Waals surface area contributed by atoms with Gasteiger partial charge in [-0.2, -0.15) is 0 Å². The molecular formula is C23H38O8. The molecular weight excluding hydrogens is 404 g/mol. The number of aliphatic carboxylic acids is 1. The number of carbonyl (C=O) groups excluding carboxylic acids is 1. The molecule has 0 spiro atoms. The summed E-state index contributed by atoms with van der Waals surface area (Å²) < 4.78 is 5.84. The van der Waals surface area contributed by atoms with E-state index in [1.54, 1.807) is 0 Å². The molecule has 178 valence electrons. The Bertz CT molecular complexity index is 658. The standard InChI is InChI=1S/C23H36O7.H2O/c1-4-13(2)23(29)30-20-11-17(25)9-15-6-5-14(3)19(22(15)20)8-7-16(24)10-18(26)12-21(27)28;/h5-6,9,13-14,16-20,22,24-26H,4,7-8,10-12H2,1-3H3,(H,27,28);1H2/t13?,14-,16?,17+,18?,19-,20-,22-;/m0./s1. The van der Waals surface area contributed by atoms with Crippen LogP contribution in [0.4, 0.5) is 0 Å². The second-order valence-electron chi connectivity index (χ2n) is 8.88. The van der Waals surface area contributed by atoms with Crippen molar-refractivity contribution in [2.75, 3.05) is 0 Å². The largest absolute Gasteiger partial charge is 0.481 e. The van der Waals surface area contributed by atoms with Crippen LogP contribution < -0.4 is 0 Å². The van der Waals surface area contributed by atoms with Gasteiger partial charge < -0.3 is 30.6 Å². The predicted molar refractivity (Wildman–Crippen MR) is 115 cm³/mol. The highest BCUT2D eigenvalue weighted by molar-refractivity contribution is 5.72. The summed E-state index contributed by atoms with van der Waals surface area (Å²) in [6, 6.07) is 0. The molecule has 0 bridgehead atoms. The van der Waals surface area contributed by atoms with Crippen LogP contribution in [0.3, 0.4) is 0 Å². The highest BCUT2D eigenvalue weighted by Gasteiger charge is 2.42. The summed E-state index contributed by atoms with van der Waals surface area (Å²) in [4.78, 5) is 23.1. The number of ether oxygens (including phenoxy) is 1. The van der Waals surface area contributed by atoms with Gasteiger partial charge in [0.25, 0.3) is 0 Å². The molecule has 6 N–H and O–H groups in total. The zero-order valence-electron chi connectivity index (χ0n) is 18.6. The number of allylic oxidation sites excluding steroid dienone is 2. The van der Waals surface area contributed by atoms with Gasteiger partial charge in [-0.05, 0) is 43.1 Å². The van der Waals surface area contributed by atoms with Crippen molar-refractivity contribution in [1.29, 1.82) is 0 Å². The smallest absolute Gasteiger partial charge is 0.308 e. The molecule has 0 fully saturated rings. The number of hydrogen-bond donors (Lipinski definition) is 4. The maximum Gasteiger partial charge on any atom is 0.308 e. The fourth-order valence-corrected chi connectivity index (χ4v) is 4.52. The first-order valence-electron chi connectivity index (χ1n) is 11.0. The minimum absolute atomic E-state index is 0. The topological polar surface area (TPSA) is 156 Å². The lowest BCUT2D eigenvalue weighted by molar-refractivity contribution is -0.159. The first-order valence-corrected chi connectivity index (χ1v) is 11.0. The SMILES string of the molecule is CCC(C)C(=O)O[C@H]1C[C@H](O)C=C2C=C[C@H](C)[C@H](CCC(O)CC(O)CC(=O)O)[C@H]21.O. The average Bonchev–Trinajstić information content (AvgIpc) is 2.65. The van der Waals surface area contributed by atoms with Gasteiger partial charge in [0.05, 0.1) is 30.7 Å². The van der Waals surface area contributed by atoms with E-state index in [9.17, 15) is 24.9 Å². The Balaban J connectivity index is 0.00000480. The lowest BCUT2D eigenvalue weighted by Crippen LogP contribution is -2.43. The van der Waals surface area contributed by atoms with Gasteiger partial charge in [0.1, 0.15) is 6.10 Å². The summed E-state index contributed by atoms with van der Waals surface area (Å²) in [5.74, 6) is -1.31. The predicted octanol–water partition coefficient (Wildman–Crippen LogP) is 1.62. The van der Waals surface area contributed by atoms with E-state index in [2.05, 4.69) is 13.0 Å². The normalized spacial score (nSPS) is 30.3. The van der Waals surface area contributed by atoms with E-state index < -0.39 is 30.4 Å². The van der Waals surface area contributed by atoms with Crippen LogP contribution in [0.5, 0.6) is 0 Å². The van der Waals surface area contributed by atoms with Crippen LogP contribution in [-0.2, 0) is 14.3 Å². The van der Waals surface area contributed by atoms with Gasteiger partial charge in [-0.25, -0.2) is 0 Å². The Kier molecular flexibility index (Phi) is 10.9. The maximum atomic E-state index is 12.4. The van der Waals surface area contributed by atoms with Crippen molar-refractivity contribution in [1.82, 2.24) is 0 Å². The molecule has 0 aromatic heterocycles. The van der Waals surface area contributed by atoms with E-state index in [4.69, 9.17) is 9.84 Å². The molecule has 8 heteroatoms. The summed E-state index contributed by atoms with van der Waals surface area (Å²) in [6.07, 6.45) is 4.64. The van der Waals surface area contributed by atoms with Crippen LogP contribution in [0.2, 0.25) is 0 Å². The van der Waals surface area contributed by atoms with Crippen LogP contribution in [0.15, 0.2) is 23.8 Å². The summed E-state index contributed by atoms with van der Waals surface area (Å²) in [5.41, 5.74) is 0.958. The quantitative estimate of drug-likeness (QED) is 0.374. The van der Waals surface area contributed by atoms with Crippen molar-refractivity contribution in [3.05, 3.63) is 23.8 Å². The number of hydrogen-bond acceptors (Lipinski definition) is 6. The van der Waals surface area contributed by atoms with Crippen molar-refractivity contribution in [3.8, 4) is 0 Å². The molecule has 0 aromatic carbocycles. The van der Waals surface area contributed by atoms with E-state index in [0.29, 0.717) is 25.7 Å². The molecule has 8 atom stereocenters. The fourth-order valence-electron chi connectivity index (χ4n) is 4.52. The van der Waals surface area contributed by atoms with E-state index in [0.717, 1.165) is 5.57 Å². The third-order valence-electron chi connectivity index (χ3n) is 6.44. The first-order chi connectivity index (χ1) is 14.1. The zero-order chi connectivity index (χ0) is 22.4. The molecule has 0 amide bonds. The molecule has 8 nitrogen and oxygen atoms in total. The lowest BCUT2D eigenvalue weighted by Gasteiger charge is -2.43. The fraction of sp³-hybridized carbons (Fsp3) is 0.739. The van der Waals surface area contributed by atoms with Gasteiger partial charge >= 0.3 is 11.9 Å². The molecule has 0 saturated heterocycles. The van der Waals surface area contributed by atoms with Gasteiger partial charge in [0, 0.05) is 12.3 Å². The van der Waals surface area contributed by atoms with Gasteiger partial charge in [0.15, 0.2) is 0 Å². The Hall–Kier alpha value is -1.74. The molecule has 2 aliphatic rings. The molecule has 0 aromatic rings. The molecule has 0 radical (unpaired) electrons. The van der Waals surface area contributed by atoms with E-state index >= 15 is 0 Å². The third-order valence-corrected chi connectivity index (χ3v) is 6.44.